The summed E-state index contributed by atoms with van der Waals surface area (Å²) in [5.41, 5.74) is 3.46. The molecule has 1 amide bonds. The summed E-state index contributed by atoms with van der Waals surface area (Å²) in [6.07, 6.45) is 3.76. The lowest BCUT2D eigenvalue weighted by Gasteiger charge is -2.25. The van der Waals surface area contributed by atoms with Gasteiger partial charge in [-0.1, -0.05) is 56.2 Å². The second-order valence-electron chi connectivity index (χ2n) is 10.2. The van der Waals surface area contributed by atoms with Gasteiger partial charge in [0.05, 0.1) is 18.2 Å². The highest BCUT2D eigenvalue weighted by atomic mass is 16.5. The summed E-state index contributed by atoms with van der Waals surface area (Å²) in [6.45, 7) is 6.00. The Hall–Kier alpha value is -4.10. The van der Waals surface area contributed by atoms with E-state index in [1.807, 2.05) is 55.5 Å². The van der Waals surface area contributed by atoms with Crippen LogP contribution in [0.25, 0.3) is 5.76 Å². The van der Waals surface area contributed by atoms with Crippen molar-refractivity contribution in [2.24, 2.45) is 0 Å². The zero-order valence-electron chi connectivity index (χ0n) is 24.1. The average Bonchev–Trinajstić information content (AvgIpc) is 3.24. The number of Topliss-reactive ketones (excluding diaryl/α,β-unsaturated/α-hetero) is 1. The third kappa shape index (κ3) is 7.35. The van der Waals surface area contributed by atoms with Crippen LogP contribution < -0.4 is 9.47 Å². The second kappa shape index (κ2) is 14.5. The number of methoxy groups -OCH3 is 1. The smallest absolute Gasteiger partial charge is 0.295 e. The van der Waals surface area contributed by atoms with Crippen molar-refractivity contribution in [3.8, 4) is 11.5 Å². The molecule has 1 aliphatic heterocycles. The van der Waals surface area contributed by atoms with Crippen molar-refractivity contribution in [1.82, 2.24) is 4.90 Å². The zero-order valence-corrected chi connectivity index (χ0v) is 24.1. The molecule has 4 rings (SSSR count). The highest BCUT2D eigenvalue weighted by molar-refractivity contribution is 6.46. The maximum absolute atomic E-state index is 13.3. The maximum atomic E-state index is 13.3. The summed E-state index contributed by atoms with van der Waals surface area (Å²) in [5, 5.41) is 11.4. The fourth-order valence-corrected chi connectivity index (χ4v) is 4.92. The topological polar surface area (TPSA) is 85.3 Å². The van der Waals surface area contributed by atoms with Gasteiger partial charge in [0.25, 0.3) is 11.7 Å². The summed E-state index contributed by atoms with van der Waals surface area (Å²) in [7, 11) is 1.60. The number of hydrogen-bond acceptors (Lipinski definition) is 6. The molecule has 1 fully saturated rings. The first-order valence-corrected chi connectivity index (χ1v) is 14.2. The predicted octanol–water partition coefficient (Wildman–Crippen LogP) is 6.60. The van der Waals surface area contributed by atoms with Crippen LogP contribution in [-0.2, 0) is 20.9 Å². The second-order valence-corrected chi connectivity index (χ2v) is 10.2. The number of nitrogens with zero attached hydrogens (tertiary/aromatic N) is 1. The van der Waals surface area contributed by atoms with Crippen LogP contribution in [-0.4, -0.2) is 48.6 Å². The summed E-state index contributed by atoms with van der Waals surface area (Å²) >= 11 is 0. The first kappa shape index (κ1) is 29.9. The largest absolute Gasteiger partial charge is 0.507 e. The van der Waals surface area contributed by atoms with Crippen molar-refractivity contribution in [2.75, 3.05) is 26.9 Å². The average molecular weight is 558 g/mol. The Morgan fingerprint density at radius 2 is 1.54 bits per heavy atom. The van der Waals surface area contributed by atoms with Gasteiger partial charge in [-0.25, -0.2) is 0 Å². The number of rotatable bonds is 14. The molecule has 1 aliphatic rings. The van der Waals surface area contributed by atoms with E-state index < -0.39 is 17.7 Å². The highest BCUT2D eigenvalue weighted by Gasteiger charge is 2.45. The van der Waals surface area contributed by atoms with Crippen LogP contribution >= 0.6 is 0 Å². The Morgan fingerprint density at radius 3 is 2.22 bits per heavy atom. The molecule has 0 aromatic heterocycles. The van der Waals surface area contributed by atoms with Crippen molar-refractivity contribution >= 4 is 17.4 Å². The van der Waals surface area contributed by atoms with Crippen molar-refractivity contribution < 1.29 is 28.9 Å². The number of ketones is 1. The van der Waals surface area contributed by atoms with Gasteiger partial charge in [0, 0.05) is 25.8 Å². The van der Waals surface area contributed by atoms with E-state index in [0.29, 0.717) is 44.1 Å². The van der Waals surface area contributed by atoms with E-state index in [-0.39, 0.29) is 11.3 Å². The number of aliphatic hydroxyl groups excluding tert-OH is 1. The minimum atomic E-state index is -0.724. The molecule has 1 atom stereocenters. The number of ether oxygens (including phenoxy) is 3. The quantitative estimate of drug-likeness (QED) is 0.104. The number of likely N-dealkylation sites (tertiary alicyclic amines) is 1. The number of aryl methyl sites for hydroxylation is 1. The van der Waals surface area contributed by atoms with Gasteiger partial charge in [0.15, 0.2) is 0 Å². The monoisotopic (exact) mass is 557 g/mol. The molecule has 3 aromatic carbocycles. The third-order valence-corrected chi connectivity index (χ3v) is 7.28. The lowest BCUT2D eigenvalue weighted by Crippen LogP contribution is -2.31. The third-order valence-electron chi connectivity index (χ3n) is 7.28. The normalized spacial score (nSPS) is 16.3. The van der Waals surface area contributed by atoms with Crippen LogP contribution in [0, 0.1) is 6.92 Å². The molecule has 1 heterocycles. The molecule has 41 heavy (non-hydrogen) atoms. The van der Waals surface area contributed by atoms with Gasteiger partial charge in [0.2, 0.25) is 0 Å². The van der Waals surface area contributed by atoms with Crippen molar-refractivity contribution in [1.29, 1.82) is 0 Å². The molecular formula is C34H39NO6. The Labute approximate surface area is 242 Å². The predicted molar refractivity (Wildman–Crippen MR) is 159 cm³/mol. The molecule has 7 heteroatoms. The van der Waals surface area contributed by atoms with Gasteiger partial charge >= 0.3 is 0 Å². The number of aliphatic hydroxyl groups is 1. The molecule has 0 saturated carbocycles. The molecule has 0 spiro atoms. The van der Waals surface area contributed by atoms with Crippen LogP contribution in [0.15, 0.2) is 78.4 Å². The van der Waals surface area contributed by atoms with Crippen LogP contribution in [0.1, 0.15) is 60.9 Å². The fraction of sp³-hybridized carbons (Fsp3) is 0.353. The zero-order chi connectivity index (χ0) is 29.2. The molecule has 1 unspecified atom stereocenters. The van der Waals surface area contributed by atoms with E-state index in [4.69, 9.17) is 14.2 Å². The van der Waals surface area contributed by atoms with Gasteiger partial charge in [0.1, 0.15) is 23.9 Å². The molecule has 1 saturated heterocycles. The van der Waals surface area contributed by atoms with Crippen molar-refractivity contribution in [2.45, 2.75) is 52.2 Å². The minimum absolute atomic E-state index is 0.0672. The lowest BCUT2D eigenvalue weighted by molar-refractivity contribution is -0.140. The molecule has 7 nitrogen and oxygen atoms in total. The van der Waals surface area contributed by atoms with E-state index in [1.54, 1.807) is 31.4 Å². The van der Waals surface area contributed by atoms with Crippen LogP contribution in [0.2, 0.25) is 0 Å². The number of unbranched alkanes of at least 4 members (excludes halogenated alkanes) is 2. The lowest BCUT2D eigenvalue weighted by atomic mass is 9.95. The van der Waals surface area contributed by atoms with E-state index in [9.17, 15) is 14.7 Å². The number of carbonyl (C=O) groups excluding carboxylic acids is 2. The van der Waals surface area contributed by atoms with Crippen molar-refractivity contribution in [3.63, 3.8) is 0 Å². The standard InChI is InChI=1S/C34H39NO6/c1-4-5-8-22-40-28-16-12-25(13-17-28)31-30(33(37)34(38)35(31)20-9-21-39-3)32(36)26-14-18-29(19-15-26)41-23-27-11-7-6-10-24(27)2/h6-7,10-19,31,36H,4-5,8-9,20-23H2,1-3H3. The summed E-state index contributed by atoms with van der Waals surface area (Å²) in [4.78, 5) is 27.9. The number of benzene rings is 3. The van der Waals surface area contributed by atoms with Gasteiger partial charge < -0.3 is 24.2 Å². The Kier molecular flexibility index (Phi) is 10.6. The Balaban J connectivity index is 1.59. The highest BCUT2D eigenvalue weighted by Crippen LogP contribution is 2.40. The molecule has 216 valence electrons. The number of amides is 1. The van der Waals surface area contributed by atoms with Gasteiger partial charge in [-0.3, -0.25) is 9.59 Å². The van der Waals surface area contributed by atoms with Gasteiger partial charge in [-0.05, 0) is 72.9 Å². The molecule has 0 aliphatic carbocycles. The first-order chi connectivity index (χ1) is 19.9. The Bertz CT molecular complexity index is 1350. The van der Waals surface area contributed by atoms with Crippen LogP contribution in [0.3, 0.4) is 0 Å². The molecular weight excluding hydrogens is 518 g/mol. The molecule has 1 N–H and O–H groups in total. The number of carbonyl (C=O) groups is 2. The molecule has 0 radical (unpaired) electrons. The summed E-state index contributed by atoms with van der Waals surface area (Å²) in [6, 6.07) is 21.6. The fourth-order valence-electron chi connectivity index (χ4n) is 4.92. The summed E-state index contributed by atoms with van der Waals surface area (Å²) < 4.78 is 17.0. The molecule has 3 aromatic rings. The minimum Gasteiger partial charge on any atom is -0.507 e. The summed E-state index contributed by atoms with van der Waals surface area (Å²) in [5.74, 6) is -0.193. The Morgan fingerprint density at radius 1 is 0.854 bits per heavy atom. The SMILES string of the molecule is CCCCCOc1ccc(C2C(=C(O)c3ccc(OCc4ccccc4C)cc3)C(=O)C(=O)N2CCCOC)cc1. The van der Waals surface area contributed by atoms with Crippen LogP contribution in [0.4, 0.5) is 0 Å². The van der Waals surface area contributed by atoms with Crippen molar-refractivity contribution in [3.05, 3.63) is 101 Å². The first-order valence-electron chi connectivity index (χ1n) is 14.2. The molecule has 0 bridgehead atoms. The van der Waals surface area contributed by atoms with Crippen LogP contribution in [0.5, 0.6) is 11.5 Å². The van der Waals surface area contributed by atoms with E-state index >= 15 is 0 Å². The number of hydrogen-bond donors (Lipinski definition) is 1. The van der Waals surface area contributed by atoms with Gasteiger partial charge in [-0.15, -0.1) is 0 Å². The van der Waals surface area contributed by atoms with E-state index in [0.717, 1.165) is 41.7 Å². The van der Waals surface area contributed by atoms with E-state index in [1.165, 1.54) is 4.90 Å². The van der Waals surface area contributed by atoms with Gasteiger partial charge in [-0.2, -0.15) is 0 Å². The van der Waals surface area contributed by atoms with E-state index in [2.05, 4.69) is 6.92 Å². The maximum Gasteiger partial charge on any atom is 0.295 e.